The molecule has 0 radical (unpaired) electrons. The highest BCUT2D eigenvalue weighted by atomic mass is 32.2. The van der Waals surface area contributed by atoms with Gasteiger partial charge in [0.15, 0.2) is 5.44 Å². The van der Waals surface area contributed by atoms with Crippen LogP contribution < -0.4 is 0 Å². The monoisotopic (exact) mass is 195 g/mol. The predicted molar refractivity (Wildman–Crippen MR) is 43.2 cm³/mol. The molecule has 0 amide bonds. The second-order valence-electron chi connectivity index (χ2n) is 3.10. The number of aliphatic hydroxyl groups excluding tert-OH is 1. The summed E-state index contributed by atoms with van der Waals surface area (Å²) >= 11 is 0. The topological polar surface area (TPSA) is 77.8 Å². The summed E-state index contributed by atoms with van der Waals surface area (Å²) in [7, 11) is -2.58. The van der Waals surface area contributed by atoms with Gasteiger partial charge in [-0.25, -0.2) is 0 Å². The van der Waals surface area contributed by atoms with Crippen LogP contribution in [0.25, 0.3) is 0 Å². The van der Waals surface area contributed by atoms with Gasteiger partial charge in [0.25, 0.3) is 10.1 Å². The zero-order valence-corrected chi connectivity index (χ0v) is 7.66. The van der Waals surface area contributed by atoms with Crippen LogP contribution in [0.3, 0.4) is 0 Å². The summed E-state index contributed by atoms with van der Waals surface area (Å²) in [4.78, 5) is 1.73. The van der Waals surface area contributed by atoms with Gasteiger partial charge in [-0.05, 0) is 26.4 Å². The molecule has 1 rings (SSSR count). The van der Waals surface area contributed by atoms with Gasteiger partial charge in [0, 0.05) is 0 Å². The maximum atomic E-state index is 10.5. The highest BCUT2D eigenvalue weighted by Crippen LogP contribution is 2.20. The van der Waals surface area contributed by atoms with Crippen LogP contribution in [0.1, 0.15) is 12.8 Å². The van der Waals surface area contributed by atoms with Crippen molar-refractivity contribution in [3.63, 3.8) is 0 Å². The van der Waals surface area contributed by atoms with Crippen LogP contribution in [0.4, 0.5) is 0 Å². The molecule has 2 atom stereocenters. The summed E-state index contributed by atoms with van der Waals surface area (Å²) in [6, 6.07) is -0.458. The Morgan fingerprint density at radius 2 is 2.17 bits per heavy atom. The van der Waals surface area contributed by atoms with Gasteiger partial charge < -0.3 is 5.11 Å². The Balaban J connectivity index is 2.70. The highest BCUT2D eigenvalue weighted by Gasteiger charge is 2.35. The van der Waals surface area contributed by atoms with Gasteiger partial charge in [-0.3, -0.25) is 9.45 Å². The van der Waals surface area contributed by atoms with E-state index in [1.807, 2.05) is 0 Å². The third-order valence-corrected chi connectivity index (χ3v) is 3.14. The first-order chi connectivity index (χ1) is 5.43. The van der Waals surface area contributed by atoms with Crippen LogP contribution in [-0.2, 0) is 10.1 Å². The summed E-state index contributed by atoms with van der Waals surface area (Å²) in [5.41, 5.74) is -1.66. The molecule has 1 fully saturated rings. The van der Waals surface area contributed by atoms with Crippen molar-refractivity contribution in [2.75, 3.05) is 13.6 Å². The van der Waals surface area contributed by atoms with Crippen molar-refractivity contribution in [2.45, 2.75) is 24.3 Å². The van der Waals surface area contributed by atoms with E-state index in [0.29, 0.717) is 6.42 Å². The molecule has 1 aliphatic heterocycles. The van der Waals surface area contributed by atoms with E-state index in [1.165, 1.54) is 0 Å². The Morgan fingerprint density at radius 3 is 2.50 bits per heavy atom. The van der Waals surface area contributed by atoms with Crippen molar-refractivity contribution >= 4 is 10.1 Å². The molecule has 5 nitrogen and oxygen atoms in total. The zero-order chi connectivity index (χ0) is 9.35. The molecule has 12 heavy (non-hydrogen) atoms. The average molecular weight is 195 g/mol. The van der Waals surface area contributed by atoms with Gasteiger partial charge in [0.1, 0.15) is 0 Å². The normalized spacial score (nSPS) is 29.1. The van der Waals surface area contributed by atoms with E-state index in [-0.39, 0.29) is 0 Å². The second-order valence-corrected chi connectivity index (χ2v) is 4.61. The van der Waals surface area contributed by atoms with Gasteiger partial charge in [-0.2, -0.15) is 8.42 Å². The largest absolute Gasteiger partial charge is 0.374 e. The van der Waals surface area contributed by atoms with E-state index in [4.69, 9.17) is 4.55 Å². The van der Waals surface area contributed by atoms with E-state index in [1.54, 1.807) is 11.9 Å². The molecule has 0 aromatic carbocycles. The fraction of sp³-hybridized carbons (Fsp3) is 1.00. The van der Waals surface area contributed by atoms with Gasteiger partial charge in [0.2, 0.25) is 0 Å². The summed E-state index contributed by atoms with van der Waals surface area (Å²) in [6.45, 7) is 0.761. The van der Waals surface area contributed by atoms with Gasteiger partial charge in [-0.1, -0.05) is 0 Å². The van der Waals surface area contributed by atoms with Crippen LogP contribution in [0.5, 0.6) is 0 Å². The first-order valence-corrected chi connectivity index (χ1v) is 5.28. The molecule has 0 aromatic rings. The molecule has 0 spiro atoms. The van der Waals surface area contributed by atoms with Gasteiger partial charge >= 0.3 is 0 Å². The molecule has 1 saturated heterocycles. The van der Waals surface area contributed by atoms with Crippen molar-refractivity contribution in [3.8, 4) is 0 Å². The summed E-state index contributed by atoms with van der Waals surface area (Å²) < 4.78 is 29.6. The van der Waals surface area contributed by atoms with Crippen LogP contribution >= 0.6 is 0 Å². The lowest BCUT2D eigenvalue weighted by Crippen LogP contribution is -2.41. The van der Waals surface area contributed by atoms with E-state index in [9.17, 15) is 13.5 Å². The Labute approximate surface area is 71.7 Å². The van der Waals surface area contributed by atoms with Crippen LogP contribution in [0.2, 0.25) is 0 Å². The molecule has 72 valence electrons. The smallest absolute Gasteiger partial charge is 0.293 e. The first kappa shape index (κ1) is 9.91. The van der Waals surface area contributed by atoms with E-state index < -0.39 is 21.6 Å². The molecule has 0 bridgehead atoms. The zero-order valence-electron chi connectivity index (χ0n) is 6.84. The minimum absolute atomic E-state index is 0.458. The fourth-order valence-electron chi connectivity index (χ4n) is 1.49. The van der Waals surface area contributed by atoms with E-state index in [2.05, 4.69) is 0 Å². The van der Waals surface area contributed by atoms with Crippen molar-refractivity contribution in [3.05, 3.63) is 0 Å². The molecule has 1 aliphatic rings. The molecule has 1 heterocycles. The average Bonchev–Trinajstić information content (AvgIpc) is 2.31. The fourth-order valence-corrected chi connectivity index (χ4v) is 2.24. The number of hydrogen-bond donors (Lipinski definition) is 2. The second kappa shape index (κ2) is 3.29. The molecule has 6 heteroatoms. The first-order valence-electron chi connectivity index (χ1n) is 3.77. The van der Waals surface area contributed by atoms with Gasteiger partial charge in [0.05, 0.1) is 6.04 Å². The third kappa shape index (κ3) is 1.95. The number of aliphatic hydroxyl groups is 1. The number of rotatable bonds is 2. The molecular formula is C6H13NO4S. The predicted octanol–water partition coefficient (Wildman–Crippen LogP) is -0.713. The van der Waals surface area contributed by atoms with Crippen molar-refractivity contribution in [2.24, 2.45) is 0 Å². The van der Waals surface area contributed by atoms with Crippen LogP contribution in [0.15, 0.2) is 0 Å². The van der Waals surface area contributed by atoms with E-state index >= 15 is 0 Å². The van der Waals surface area contributed by atoms with Crippen molar-refractivity contribution in [1.82, 2.24) is 4.90 Å². The minimum atomic E-state index is -4.31. The standard InChI is InChI=1S/C6H13NO4S/c1-7-4-2-3-5(7)6(8)12(9,10)11/h5-6,8H,2-4H2,1H3,(H,9,10,11)/t5-,6?/m1/s1. The van der Waals surface area contributed by atoms with Crippen molar-refractivity contribution < 1.29 is 18.1 Å². The maximum Gasteiger partial charge on any atom is 0.293 e. The maximum absolute atomic E-state index is 10.5. The van der Waals surface area contributed by atoms with Crippen LogP contribution in [-0.4, -0.2) is 48.0 Å². The quantitative estimate of drug-likeness (QED) is 0.569. The highest BCUT2D eigenvalue weighted by molar-refractivity contribution is 7.86. The Morgan fingerprint density at radius 1 is 1.58 bits per heavy atom. The van der Waals surface area contributed by atoms with Crippen LogP contribution in [0, 0.1) is 0 Å². The summed E-state index contributed by atoms with van der Waals surface area (Å²) in [5.74, 6) is 0. The molecule has 0 aromatic heterocycles. The van der Waals surface area contributed by atoms with Crippen molar-refractivity contribution in [1.29, 1.82) is 0 Å². The number of hydrogen-bond acceptors (Lipinski definition) is 4. The lowest BCUT2D eigenvalue weighted by molar-refractivity contribution is 0.137. The molecule has 0 aliphatic carbocycles. The number of nitrogens with zero attached hydrogens (tertiary/aromatic N) is 1. The minimum Gasteiger partial charge on any atom is -0.374 e. The molecule has 2 N–H and O–H groups in total. The number of likely N-dealkylation sites (tertiary alicyclic amines) is 1. The summed E-state index contributed by atoms with van der Waals surface area (Å²) in [6.07, 6.45) is 1.46. The Hall–Kier alpha value is -0.170. The number of likely N-dealkylation sites (N-methyl/N-ethyl adjacent to an activating group) is 1. The SMILES string of the molecule is CN1CCC[C@@H]1C(O)S(=O)(=O)O. The van der Waals surface area contributed by atoms with Gasteiger partial charge in [-0.15, -0.1) is 0 Å². The molecule has 0 saturated carbocycles. The lowest BCUT2D eigenvalue weighted by Gasteiger charge is -2.22. The summed E-state index contributed by atoms with van der Waals surface area (Å²) in [5, 5.41) is 9.18. The Bertz CT molecular complexity index is 250. The third-order valence-electron chi connectivity index (χ3n) is 2.21. The lowest BCUT2D eigenvalue weighted by atomic mass is 10.2. The van der Waals surface area contributed by atoms with E-state index in [0.717, 1.165) is 13.0 Å². The molecule has 1 unspecified atom stereocenters. The molecular weight excluding hydrogens is 182 g/mol. The Kier molecular flexibility index (Phi) is 2.72.